The summed E-state index contributed by atoms with van der Waals surface area (Å²) in [4.78, 5) is 15.2. The summed E-state index contributed by atoms with van der Waals surface area (Å²) in [6, 6.07) is 6.80. The Morgan fingerprint density at radius 3 is 2.88 bits per heavy atom. The number of carboxylic acids is 1. The molecular weight excluding hydrogens is 236 g/mol. The summed E-state index contributed by atoms with van der Waals surface area (Å²) in [5.74, 6) is -0.447. The molecule has 0 amide bonds. The average molecular weight is 244 g/mol. The molecule has 0 spiro atoms. The van der Waals surface area contributed by atoms with Gasteiger partial charge in [-0.05, 0) is 29.6 Å². The van der Waals surface area contributed by atoms with Crippen LogP contribution in [0, 0.1) is 0 Å². The van der Waals surface area contributed by atoms with Gasteiger partial charge in [-0.2, -0.15) is 0 Å². The highest BCUT2D eigenvalue weighted by molar-refractivity contribution is 7.18. The van der Waals surface area contributed by atoms with Gasteiger partial charge < -0.3 is 10.8 Å². The highest BCUT2D eigenvalue weighted by atomic mass is 32.1. The number of anilines is 1. The van der Waals surface area contributed by atoms with Gasteiger partial charge in [0.25, 0.3) is 0 Å². The lowest BCUT2D eigenvalue weighted by atomic mass is 10.1. The Bertz CT molecular complexity index is 749. The van der Waals surface area contributed by atoms with Crippen LogP contribution in [-0.2, 0) is 0 Å². The molecule has 2 heterocycles. The molecule has 0 fully saturated rings. The van der Waals surface area contributed by atoms with E-state index >= 15 is 0 Å². The lowest BCUT2D eigenvalue weighted by Crippen LogP contribution is -1.97. The molecule has 0 bridgehead atoms. The van der Waals surface area contributed by atoms with Crippen molar-refractivity contribution in [3.8, 4) is 0 Å². The lowest BCUT2D eigenvalue weighted by Gasteiger charge is -2.03. The summed E-state index contributed by atoms with van der Waals surface area (Å²) >= 11 is 1.51. The molecule has 3 N–H and O–H groups in total. The number of benzene rings is 1. The smallest absolute Gasteiger partial charge is 0.335 e. The van der Waals surface area contributed by atoms with Crippen LogP contribution in [0.1, 0.15) is 10.4 Å². The number of fused-ring (bicyclic) bond motifs is 3. The second kappa shape index (κ2) is 3.43. The van der Waals surface area contributed by atoms with E-state index in [1.54, 1.807) is 12.1 Å². The normalized spacial score (nSPS) is 11.1. The topological polar surface area (TPSA) is 76.2 Å². The van der Waals surface area contributed by atoms with Gasteiger partial charge in [0, 0.05) is 10.8 Å². The number of aromatic nitrogens is 1. The van der Waals surface area contributed by atoms with Crippen LogP contribution in [0.3, 0.4) is 0 Å². The maximum absolute atomic E-state index is 10.9. The van der Waals surface area contributed by atoms with Crippen molar-refractivity contribution in [2.45, 2.75) is 0 Å². The van der Waals surface area contributed by atoms with E-state index in [0.717, 1.165) is 21.0 Å². The van der Waals surface area contributed by atoms with E-state index in [-0.39, 0.29) is 5.56 Å². The molecule has 0 saturated heterocycles. The van der Waals surface area contributed by atoms with E-state index < -0.39 is 5.97 Å². The van der Waals surface area contributed by atoms with Crippen LogP contribution in [0.2, 0.25) is 0 Å². The number of pyridine rings is 1. The minimum absolute atomic E-state index is 0.261. The molecule has 0 aliphatic rings. The van der Waals surface area contributed by atoms with Gasteiger partial charge in [0.15, 0.2) is 0 Å². The van der Waals surface area contributed by atoms with Crippen LogP contribution in [0.15, 0.2) is 29.6 Å². The van der Waals surface area contributed by atoms with Crippen LogP contribution in [-0.4, -0.2) is 16.1 Å². The van der Waals surface area contributed by atoms with Crippen molar-refractivity contribution in [3.63, 3.8) is 0 Å². The number of carboxylic acid groups (broad SMARTS) is 1. The SMILES string of the molecule is Nc1nc2ccc(C(=O)O)cc2c2ccsc12. The molecule has 0 atom stereocenters. The maximum atomic E-state index is 10.9. The third-order valence-electron chi connectivity index (χ3n) is 2.67. The zero-order valence-electron chi connectivity index (χ0n) is 8.68. The third kappa shape index (κ3) is 1.43. The van der Waals surface area contributed by atoms with Gasteiger partial charge in [0.2, 0.25) is 0 Å². The van der Waals surface area contributed by atoms with Gasteiger partial charge in [-0.25, -0.2) is 9.78 Å². The Labute approximate surface area is 100 Å². The molecule has 4 nitrogen and oxygen atoms in total. The van der Waals surface area contributed by atoms with Crippen LogP contribution < -0.4 is 5.73 Å². The number of carbonyl (C=O) groups is 1. The average Bonchev–Trinajstić information content (AvgIpc) is 2.78. The molecule has 0 aliphatic carbocycles. The van der Waals surface area contributed by atoms with Crippen molar-refractivity contribution in [1.82, 2.24) is 4.98 Å². The summed E-state index contributed by atoms with van der Waals surface area (Å²) in [5, 5.41) is 12.7. The molecule has 0 aliphatic heterocycles. The fourth-order valence-electron chi connectivity index (χ4n) is 1.88. The molecular formula is C12H8N2O2S. The van der Waals surface area contributed by atoms with Crippen molar-refractivity contribution in [3.05, 3.63) is 35.2 Å². The summed E-state index contributed by atoms with van der Waals surface area (Å²) < 4.78 is 0.903. The third-order valence-corrected chi connectivity index (χ3v) is 3.61. The maximum Gasteiger partial charge on any atom is 0.335 e. The standard InChI is InChI=1S/C12H8N2O2S/c13-11-10-7(3-4-17-10)8-5-6(12(15)16)1-2-9(8)14-11/h1-5H,(H2,13,14)(H,15,16). The number of thiophene rings is 1. The van der Waals surface area contributed by atoms with Gasteiger partial charge in [0.05, 0.1) is 15.8 Å². The molecule has 5 heteroatoms. The molecule has 1 aromatic carbocycles. The Morgan fingerprint density at radius 1 is 1.29 bits per heavy atom. The van der Waals surface area contributed by atoms with E-state index in [9.17, 15) is 4.79 Å². The number of nitrogens with zero attached hydrogens (tertiary/aromatic N) is 1. The molecule has 0 radical (unpaired) electrons. The van der Waals surface area contributed by atoms with Crippen molar-refractivity contribution < 1.29 is 9.90 Å². The summed E-state index contributed by atoms with van der Waals surface area (Å²) in [7, 11) is 0. The minimum atomic E-state index is -0.938. The zero-order chi connectivity index (χ0) is 12.0. The fraction of sp³-hybridized carbons (Fsp3) is 0. The van der Waals surface area contributed by atoms with E-state index in [1.807, 2.05) is 11.4 Å². The van der Waals surface area contributed by atoms with E-state index in [2.05, 4.69) is 4.98 Å². The Hall–Kier alpha value is -2.14. The lowest BCUT2D eigenvalue weighted by molar-refractivity contribution is 0.0697. The van der Waals surface area contributed by atoms with Crippen molar-refractivity contribution in [1.29, 1.82) is 0 Å². The number of hydrogen-bond acceptors (Lipinski definition) is 4. The fourth-order valence-corrected chi connectivity index (χ4v) is 2.69. The number of rotatable bonds is 1. The van der Waals surface area contributed by atoms with Gasteiger partial charge in [0.1, 0.15) is 5.82 Å². The van der Waals surface area contributed by atoms with Crippen LogP contribution >= 0.6 is 11.3 Å². The Kier molecular flexibility index (Phi) is 2.02. The monoisotopic (exact) mass is 244 g/mol. The Morgan fingerprint density at radius 2 is 2.12 bits per heavy atom. The first-order valence-electron chi connectivity index (χ1n) is 4.96. The highest BCUT2D eigenvalue weighted by Gasteiger charge is 2.10. The molecule has 2 aromatic heterocycles. The predicted molar refractivity (Wildman–Crippen MR) is 68.5 cm³/mol. The molecule has 17 heavy (non-hydrogen) atoms. The highest BCUT2D eigenvalue weighted by Crippen LogP contribution is 2.32. The van der Waals surface area contributed by atoms with Crippen LogP contribution in [0.4, 0.5) is 5.82 Å². The van der Waals surface area contributed by atoms with Crippen molar-refractivity contribution in [2.75, 3.05) is 5.73 Å². The van der Waals surface area contributed by atoms with Crippen LogP contribution in [0.5, 0.6) is 0 Å². The van der Waals surface area contributed by atoms with Gasteiger partial charge in [-0.3, -0.25) is 0 Å². The number of hydrogen-bond donors (Lipinski definition) is 2. The van der Waals surface area contributed by atoms with E-state index in [0.29, 0.717) is 5.82 Å². The van der Waals surface area contributed by atoms with Crippen LogP contribution in [0.25, 0.3) is 21.0 Å². The number of aromatic carboxylic acids is 1. The largest absolute Gasteiger partial charge is 0.478 e. The second-order valence-electron chi connectivity index (χ2n) is 3.70. The first kappa shape index (κ1) is 10.0. The second-order valence-corrected chi connectivity index (χ2v) is 4.61. The predicted octanol–water partition coefficient (Wildman–Crippen LogP) is 2.73. The molecule has 3 rings (SSSR count). The van der Waals surface area contributed by atoms with Crippen molar-refractivity contribution in [2.24, 2.45) is 0 Å². The first-order chi connectivity index (χ1) is 8.16. The molecule has 84 valence electrons. The number of nitrogen functional groups attached to an aromatic ring is 1. The van der Waals surface area contributed by atoms with E-state index in [1.165, 1.54) is 17.4 Å². The number of nitrogens with two attached hydrogens (primary N) is 1. The quantitative estimate of drug-likeness (QED) is 0.690. The minimum Gasteiger partial charge on any atom is -0.478 e. The molecule has 0 saturated carbocycles. The van der Waals surface area contributed by atoms with Gasteiger partial charge in [-0.15, -0.1) is 11.3 Å². The van der Waals surface area contributed by atoms with Gasteiger partial charge >= 0.3 is 5.97 Å². The first-order valence-corrected chi connectivity index (χ1v) is 5.84. The molecule has 3 aromatic rings. The summed E-state index contributed by atoms with van der Waals surface area (Å²) in [6.07, 6.45) is 0. The summed E-state index contributed by atoms with van der Waals surface area (Å²) in [6.45, 7) is 0. The van der Waals surface area contributed by atoms with E-state index in [4.69, 9.17) is 10.8 Å². The van der Waals surface area contributed by atoms with Gasteiger partial charge in [-0.1, -0.05) is 0 Å². The zero-order valence-corrected chi connectivity index (χ0v) is 9.49. The Balaban J connectivity index is 2.48. The van der Waals surface area contributed by atoms with Crippen molar-refractivity contribution >= 4 is 44.1 Å². The summed E-state index contributed by atoms with van der Waals surface area (Å²) in [5.41, 5.74) is 6.83. The molecule has 0 unspecified atom stereocenters.